The average molecular weight is 343 g/mol. The molecule has 2 N–H and O–H groups in total. The zero-order valence-corrected chi connectivity index (χ0v) is 14.6. The Morgan fingerprint density at radius 1 is 0.826 bits per heavy atom. The summed E-state index contributed by atoms with van der Waals surface area (Å²) in [7, 11) is -3.56. The normalized spacial score (nSPS) is 28.3. The van der Waals surface area contributed by atoms with Crippen LogP contribution in [0.25, 0.3) is 0 Å². The van der Waals surface area contributed by atoms with E-state index in [4.69, 9.17) is 0 Å². The maximum absolute atomic E-state index is 12.6. The van der Waals surface area contributed by atoms with Crippen molar-refractivity contribution in [2.75, 3.05) is 6.54 Å². The number of carbonyl (C=O) groups excluding carboxylic acids is 1. The van der Waals surface area contributed by atoms with E-state index in [1.165, 1.54) is 10.7 Å². The van der Waals surface area contributed by atoms with Crippen LogP contribution in [0.15, 0.2) is 0 Å². The number of hydrogen-bond acceptors (Lipinski definition) is 3. The number of carbonyl (C=O) groups is 1. The van der Waals surface area contributed by atoms with Gasteiger partial charge < -0.3 is 5.32 Å². The monoisotopic (exact) mass is 343 g/mol. The maximum Gasteiger partial charge on any atom is 0.280 e. The number of nitrogens with zero attached hydrogens (tertiary/aromatic N) is 1. The van der Waals surface area contributed by atoms with E-state index in [0.717, 1.165) is 57.8 Å². The molecule has 7 heteroatoms. The predicted molar refractivity (Wildman–Crippen MR) is 89.1 cm³/mol. The number of nitrogens with one attached hydrogen (secondary N) is 2. The molecule has 0 aromatic rings. The van der Waals surface area contributed by atoms with Crippen LogP contribution >= 0.6 is 0 Å². The van der Waals surface area contributed by atoms with Crippen LogP contribution in [-0.2, 0) is 15.0 Å². The first-order valence-electron chi connectivity index (χ1n) is 9.16. The van der Waals surface area contributed by atoms with Crippen LogP contribution in [0.3, 0.4) is 0 Å². The van der Waals surface area contributed by atoms with Crippen molar-refractivity contribution in [3.05, 3.63) is 0 Å². The molecular weight excluding hydrogens is 314 g/mol. The van der Waals surface area contributed by atoms with Crippen molar-refractivity contribution in [1.82, 2.24) is 14.3 Å². The Balaban J connectivity index is 1.60. The van der Waals surface area contributed by atoms with Crippen LogP contribution < -0.4 is 10.0 Å². The van der Waals surface area contributed by atoms with E-state index >= 15 is 0 Å². The standard InChI is InChI=1S/C16H29N3O3S/c20-16(17-13-7-2-1-3-8-13)15-11-6-12-19(15)23(21,22)18-14-9-4-5-10-14/h13-15,18H,1-12H2,(H,17,20). The van der Waals surface area contributed by atoms with Crippen molar-refractivity contribution in [1.29, 1.82) is 0 Å². The summed E-state index contributed by atoms with van der Waals surface area (Å²) < 4.78 is 29.5. The molecule has 0 spiro atoms. The first-order valence-corrected chi connectivity index (χ1v) is 10.6. The molecule has 2 saturated carbocycles. The molecule has 3 fully saturated rings. The van der Waals surface area contributed by atoms with E-state index in [-0.39, 0.29) is 18.0 Å². The van der Waals surface area contributed by atoms with Gasteiger partial charge in [0.15, 0.2) is 0 Å². The Hall–Kier alpha value is -0.660. The molecule has 1 atom stereocenters. The van der Waals surface area contributed by atoms with Gasteiger partial charge in [0.25, 0.3) is 10.2 Å². The van der Waals surface area contributed by atoms with Crippen molar-refractivity contribution in [3.8, 4) is 0 Å². The van der Waals surface area contributed by atoms with Gasteiger partial charge in [0, 0.05) is 18.6 Å². The van der Waals surface area contributed by atoms with Gasteiger partial charge in [0.05, 0.1) is 0 Å². The van der Waals surface area contributed by atoms with Crippen LogP contribution in [0.2, 0.25) is 0 Å². The molecular formula is C16H29N3O3S. The zero-order valence-electron chi connectivity index (χ0n) is 13.8. The molecule has 2 aliphatic carbocycles. The number of amides is 1. The van der Waals surface area contributed by atoms with Gasteiger partial charge in [-0.3, -0.25) is 4.79 Å². The largest absolute Gasteiger partial charge is 0.352 e. The van der Waals surface area contributed by atoms with Crippen LogP contribution in [0, 0.1) is 0 Å². The summed E-state index contributed by atoms with van der Waals surface area (Å²) in [5.41, 5.74) is 0. The third-order valence-corrected chi connectivity index (χ3v) is 7.12. The quantitative estimate of drug-likeness (QED) is 0.797. The summed E-state index contributed by atoms with van der Waals surface area (Å²) in [6.45, 7) is 0.449. The Labute approximate surface area is 139 Å². The van der Waals surface area contributed by atoms with Crippen molar-refractivity contribution < 1.29 is 13.2 Å². The molecule has 6 nitrogen and oxygen atoms in total. The Morgan fingerprint density at radius 3 is 2.13 bits per heavy atom. The summed E-state index contributed by atoms with van der Waals surface area (Å²) in [6.07, 6.45) is 11.0. The highest BCUT2D eigenvalue weighted by molar-refractivity contribution is 7.87. The third-order valence-electron chi connectivity index (χ3n) is 5.44. The molecule has 1 aliphatic heterocycles. The fraction of sp³-hybridized carbons (Fsp3) is 0.938. The van der Waals surface area contributed by atoms with E-state index in [1.807, 2.05) is 0 Å². The molecule has 1 heterocycles. The van der Waals surface area contributed by atoms with Crippen molar-refractivity contribution in [2.24, 2.45) is 0 Å². The van der Waals surface area contributed by atoms with Crippen LogP contribution in [0.1, 0.15) is 70.6 Å². The lowest BCUT2D eigenvalue weighted by molar-refractivity contribution is -0.125. The van der Waals surface area contributed by atoms with E-state index in [1.54, 1.807) is 0 Å². The summed E-state index contributed by atoms with van der Waals surface area (Å²) >= 11 is 0. The molecule has 1 amide bonds. The van der Waals surface area contributed by atoms with Gasteiger partial charge in [-0.2, -0.15) is 17.4 Å². The van der Waals surface area contributed by atoms with Gasteiger partial charge in [0.1, 0.15) is 6.04 Å². The van der Waals surface area contributed by atoms with Crippen molar-refractivity contribution in [2.45, 2.75) is 88.8 Å². The van der Waals surface area contributed by atoms with Gasteiger partial charge in [-0.15, -0.1) is 0 Å². The van der Waals surface area contributed by atoms with E-state index < -0.39 is 16.3 Å². The van der Waals surface area contributed by atoms with Gasteiger partial charge in [-0.25, -0.2) is 0 Å². The molecule has 132 valence electrons. The third kappa shape index (κ3) is 4.25. The van der Waals surface area contributed by atoms with Crippen LogP contribution in [0.4, 0.5) is 0 Å². The zero-order chi connectivity index (χ0) is 16.3. The summed E-state index contributed by atoms with van der Waals surface area (Å²) in [5.74, 6) is -0.105. The lowest BCUT2D eigenvalue weighted by Crippen LogP contribution is -2.53. The molecule has 0 aromatic carbocycles. The topological polar surface area (TPSA) is 78.5 Å². The fourth-order valence-corrected chi connectivity index (χ4v) is 5.85. The molecule has 0 aromatic heterocycles. The van der Waals surface area contributed by atoms with Gasteiger partial charge in [-0.05, 0) is 38.5 Å². The lowest BCUT2D eigenvalue weighted by Gasteiger charge is -2.28. The van der Waals surface area contributed by atoms with Gasteiger partial charge in [0.2, 0.25) is 5.91 Å². The summed E-state index contributed by atoms with van der Waals surface area (Å²) in [5, 5.41) is 3.08. The summed E-state index contributed by atoms with van der Waals surface area (Å²) in [4.78, 5) is 12.6. The molecule has 0 bridgehead atoms. The highest BCUT2D eigenvalue weighted by atomic mass is 32.2. The highest BCUT2D eigenvalue weighted by Gasteiger charge is 2.40. The van der Waals surface area contributed by atoms with E-state index in [0.29, 0.717) is 13.0 Å². The minimum atomic E-state index is -3.56. The van der Waals surface area contributed by atoms with E-state index in [2.05, 4.69) is 10.0 Å². The second kappa shape index (κ2) is 7.49. The van der Waals surface area contributed by atoms with Crippen LogP contribution in [0.5, 0.6) is 0 Å². The van der Waals surface area contributed by atoms with Crippen molar-refractivity contribution in [3.63, 3.8) is 0 Å². The lowest BCUT2D eigenvalue weighted by atomic mass is 9.95. The van der Waals surface area contributed by atoms with Gasteiger partial charge >= 0.3 is 0 Å². The molecule has 0 radical (unpaired) electrons. The second-order valence-electron chi connectivity index (χ2n) is 7.22. The Morgan fingerprint density at radius 2 is 1.43 bits per heavy atom. The summed E-state index contributed by atoms with van der Waals surface area (Å²) in [6, 6.07) is -0.261. The first-order chi connectivity index (χ1) is 11.1. The molecule has 1 unspecified atom stereocenters. The van der Waals surface area contributed by atoms with E-state index in [9.17, 15) is 13.2 Å². The average Bonchev–Trinajstić information content (AvgIpc) is 3.18. The van der Waals surface area contributed by atoms with Crippen LogP contribution in [-0.4, -0.2) is 43.3 Å². The minimum Gasteiger partial charge on any atom is -0.352 e. The van der Waals surface area contributed by atoms with Gasteiger partial charge in [-0.1, -0.05) is 32.1 Å². The molecule has 23 heavy (non-hydrogen) atoms. The predicted octanol–water partition coefficient (Wildman–Crippen LogP) is 1.68. The highest BCUT2D eigenvalue weighted by Crippen LogP contribution is 2.25. The second-order valence-corrected chi connectivity index (χ2v) is 8.87. The minimum absolute atomic E-state index is 0.0441. The van der Waals surface area contributed by atoms with Crippen molar-refractivity contribution >= 4 is 16.1 Å². The first kappa shape index (κ1) is 17.2. The smallest absolute Gasteiger partial charge is 0.280 e. The number of rotatable bonds is 5. The SMILES string of the molecule is O=C(NC1CCCCC1)C1CCCN1S(=O)(=O)NC1CCCC1. The number of hydrogen-bond donors (Lipinski definition) is 2. The Kier molecular flexibility index (Phi) is 5.59. The molecule has 1 saturated heterocycles. The fourth-order valence-electron chi connectivity index (χ4n) is 4.16. The Bertz CT molecular complexity index is 511. The maximum atomic E-state index is 12.6. The molecule has 3 rings (SSSR count). The molecule has 3 aliphatic rings.